The zero-order valence-electron chi connectivity index (χ0n) is 23.8. The van der Waals surface area contributed by atoms with Crippen molar-refractivity contribution in [2.75, 3.05) is 19.7 Å². The summed E-state index contributed by atoms with van der Waals surface area (Å²) in [5, 5.41) is 32.4. The van der Waals surface area contributed by atoms with Gasteiger partial charge in [0.15, 0.2) is 11.6 Å². The number of hydroxylamine groups is 2. The van der Waals surface area contributed by atoms with Crippen LogP contribution in [0.2, 0.25) is 0 Å². The van der Waals surface area contributed by atoms with Crippen molar-refractivity contribution in [3.8, 4) is 5.75 Å². The molecule has 3 amide bonds. The molecule has 2 fully saturated rings. The predicted molar refractivity (Wildman–Crippen MR) is 150 cm³/mol. The summed E-state index contributed by atoms with van der Waals surface area (Å²) in [6.45, 7) is 6.08. The summed E-state index contributed by atoms with van der Waals surface area (Å²) in [6.07, 6.45) is 1.45. The first kappa shape index (κ1) is 28.0. The Kier molecular flexibility index (Phi) is 6.31. The Morgan fingerprint density at radius 2 is 1.98 bits per heavy atom. The summed E-state index contributed by atoms with van der Waals surface area (Å²) in [4.78, 5) is 48.4. The van der Waals surface area contributed by atoms with Gasteiger partial charge in [-0.1, -0.05) is 26.0 Å². The first-order valence-corrected chi connectivity index (χ1v) is 14.1. The summed E-state index contributed by atoms with van der Waals surface area (Å²) in [7, 11) is 0. The molecule has 3 unspecified atom stereocenters. The lowest BCUT2D eigenvalue weighted by Crippen LogP contribution is -2.77. The normalized spacial score (nSPS) is 34.4. The molecule has 0 aromatic heterocycles. The zero-order valence-corrected chi connectivity index (χ0v) is 23.8. The van der Waals surface area contributed by atoms with Gasteiger partial charge in [0.2, 0.25) is 17.8 Å². The van der Waals surface area contributed by atoms with Gasteiger partial charge < -0.3 is 42.2 Å². The number of nitrogens with zero attached hydrogens (tertiary/aromatic N) is 4. The molecule has 0 aliphatic carbocycles. The van der Waals surface area contributed by atoms with Gasteiger partial charge in [-0.3, -0.25) is 19.6 Å². The number of carbonyl (C=O) groups excluding carboxylic acids is 3. The van der Waals surface area contributed by atoms with Crippen molar-refractivity contribution in [2.24, 2.45) is 21.5 Å². The third-order valence-corrected chi connectivity index (χ3v) is 9.43. The van der Waals surface area contributed by atoms with E-state index in [1.807, 2.05) is 6.07 Å². The van der Waals surface area contributed by atoms with E-state index in [4.69, 9.17) is 16.2 Å². The van der Waals surface area contributed by atoms with Crippen molar-refractivity contribution in [3.63, 3.8) is 0 Å². The lowest BCUT2D eigenvalue weighted by atomic mass is 9.78. The van der Waals surface area contributed by atoms with Gasteiger partial charge in [-0.05, 0) is 31.2 Å². The van der Waals surface area contributed by atoms with Crippen LogP contribution in [0.25, 0.3) is 0 Å². The molecule has 226 valence electrons. The molecule has 1 aromatic carbocycles. The highest BCUT2D eigenvalue weighted by molar-refractivity contribution is 5.98. The minimum Gasteiger partial charge on any atom is -0.492 e. The van der Waals surface area contributed by atoms with Crippen LogP contribution in [-0.4, -0.2) is 105 Å². The maximum absolute atomic E-state index is 13.7. The second-order valence-electron chi connectivity index (χ2n) is 12.4. The van der Waals surface area contributed by atoms with E-state index in [0.29, 0.717) is 29.4 Å². The van der Waals surface area contributed by atoms with Gasteiger partial charge in [0.25, 0.3) is 5.91 Å². The largest absolute Gasteiger partial charge is 0.492 e. The van der Waals surface area contributed by atoms with E-state index in [2.05, 4.69) is 39.8 Å². The highest BCUT2D eigenvalue weighted by Crippen LogP contribution is 2.50. The molecule has 5 aliphatic heterocycles. The summed E-state index contributed by atoms with van der Waals surface area (Å²) in [6, 6.07) is 2.01. The van der Waals surface area contributed by atoms with Gasteiger partial charge >= 0.3 is 0 Å². The van der Waals surface area contributed by atoms with Crippen molar-refractivity contribution in [1.29, 1.82) is 0 Å². The van der Waals surface area contributed by atoms with Crippen molar-refractivity contribution in [1.82, 2.24) is 25.9 Å². The van der Waals surface area contributed by atoms with Gasteiger partial charge in [-0.2, -0.15) is 5.06 Å². The number of fused-ring (bicyclic) bond motifs is 1. The first-order valence-electron chi connectivity index (χ1n) is 14.1. The fourth-order valence-corrected chi connectivity index (χ4v) is 7.00. The number of aliphatic hydroxyl groups is 1. The summed E-state index contributed by atoms with van der Waals surface area (Å²) in [5.41, 5.74) is 9.96. The number of ether oxygens (including phenoxy) is 1. The van der Waals surface area contributed by atoms with Crippen LogP contribution in [0, 0.1) is 0 Å². The SMILES string of the molecule is CC1(C)CCOc2c(C(=O)NC3CN4C(N)=N[C@@H](CNC(=O)[C@@H]5CCC(=O)N5)C5N=C(N)N(O)C54[C@@]3(C)O)cccc21. The van der Waals surface area contributed by atoms with Crippen LogP contribution in [0.15, 0.2) is 28.2 Å². The molecule has 15 heteroatoms. The van der Waals surface area contributed by atoms with Gasteiger partial charge in [0.05, 0.1) is 24.3 Å². The highest BCUT2D eigenvalue weighted by atomic mass is 16.5. The van der Waals surface area contributed by atoms with E-state index in [0.717, 1.165) is 12.0 Å². The molecule has 1 aromatic rings. The Morgan fingerprint density at radius 3 is 2.69 bits per heavy atom. The molecule has 42 heavy (non-hydrogen) atoms. The van der Waals surface area contributed by atoms with Crippen molar-refractivity contribution >= 4 is 29.6 Å². The van der Waals surface area contributed by atoms with E-state index in [-0.39, 0.29) is 48.7 Å². The Balaban J connectivity index is 1.28. The molecule has 0 radical (unpaired) electrons. The molecule has 0 saturated carbocycles. The number of rotatable bonds is 5. The van der Waals surface area contributed by atoms with E-state index >= 15 is 0 Å². The van der Waals surface area contributed by atoms with Crippen molar-refractivity contribution in [2.45, 2.75) is 80.9 Å². The number of nitrogens with two attached hydrogens (primary N) is 2. The number of amides is 3. The average Bonchev–Trinajstić information content (AvgIpc) is 3.56. The summed E-state index contributed by atoms with van der Waals surface area (Å²) in [5.74, 6) is -0.837. The molecule has 6 rings (SSSR count). The van der Waals surface area contributed by atoms with Crippen LogP contribution in [0.1, 0.15) is 56.0 Å². The molecule has 2 saturated heterocycles. The standard InChI is InChI=1S/C27H37N9O6/c1-25(2)9-10-42-19-13(5-4-6-14(19)25)21(38)33-17-12-35-23(28)32-16(11-30-22(39)15-7-8-18(37)31-15)20-27(35,26(17,3)40)36(41)24(29)34-20/h4-6,15-17,20,40-41H,7-12H2,1-3H3,(H2,28,32)(H2,29,34)(H,30,39)(H,31,37)(H,33,38)/t15-,16-,17?,20?,26-,27?/m0/s1. The molecular weight excluding hydrogens is 546 g/mol. The van der Waals surface area contributed by atoms with Crippen LogP contribution in [-0.2, 0) is 15.0 Å². The molecule has 5 aliphatic rings. The van der Waals surface area contributed by atoms with Gasteiger partial charge in [-0.15, -0.1) is 0 Å². The smallest absolute Gasteiger partial charge is 0.255 e. The number of benzene rings is 1. The monoisotopic (exact) mass is 583 g/mol. The highest BCUT2D eigenvalue weighted by Gasteiger charge is 2.74. The van der Waals surface area contributed by atoms with E-state index in [1.54, 1.807) is 12.1 Å². The maximum atomic E-state index is 13.7. The fraction of sp³-hybridized carbons (Fsp3) is 0.593. The Hall–Kier alpha value is -4.11. The van der Waals surface area contributed by atoms with E-state index < -0.39 is 41.3 Å². The number of hydrogen-bond donors (Lipinski definition) is 7. The third-order valence-electron chi connectivity index (χ3n) is 9.43. The Morgan fingerprint density at radius 1 is 1.21 bits per heavy atom. The average molecular weight is 584 g/mol. The van der Waals surface area contributed by atoms with Crippen LogP contribution in [0.3, 0.4) is 0 Å². The summed E-state index contributed by atoms with van der Waals surface area (Å²) < 4.78 is 5.93. The van der Waals surface area contributed by atoms with E-state index in [1.165, 1.54) is 11.8 Å². The van der Waals surface area contributed by atoms with Gasteiger partial charge in [0, 0.05) is 25.1 Å². The van der Waals surface area contributed by atoms with Crippen LogP contribution in [0.4, 0.5) is 0 Å². The molecule has 9 N–H and O–H groups in total. The number of aliphatic imine (C=N–C) groups is 2. The van der Waals surface area contributed by atoms with Crippen LogP contribution >= 0.6 is 0 Å². The minimum absolute atomic E-state index is 0.0149. The van der Waals surface area contributed by atoms with Crippen LogP contribution in [0.5, 0.6) is 5.75 Å². The van der Waals surface area contributed by atoms with Crippen molar-refractivity contribution < 1.29 is 29.4 Å². The lowest BCUT2D eigenvalue weighted by Gasteiger charge is -2.52. The number of para-hydroxylation sites is 1. The second-order valence-corrected chi connectivity index (χ2v) is 12.4. The number of nitrogens with one attached hydrogen (secondary N) is 3. The number of hydrogen-bond acceptors (Lipinski definition) is 12. The molecule has 0 bridgehead atoms. The zero-order chi connectivity index (χ0) is 30.2. The Bertz CT molecular complexity index is 1410. The molecule has 5 heterocycles. The lowest BCUT2D eigenvalue weighted by molar-refractivity contribution is -0.218. The molecule has 15 nitrogen and oxygen atoms in total. The quantitative estimate of drug-likeness (QED) is 0.204. The Labute approximate surface area is 242 Å². The molecule has 1 spiro atoms. The van der Waals surface area contributed by atoms with E-state index in [9.17, 15) is 24.7 Å². The molecule has 6 atom stereocenters. The topological polar surface area (TPSA) is 220 Å². The minimum atomic E-state index is -1.87. The van der Waals surface area contributed by atoms with Gasteiger partial charge in [0.1, 0.15) is 23.4 Å². The van der Waals surface area contributed by atoms with Gasteiger partial charge in [-0.25, -0.2) is 9.98 Å². The van der Waals surface area contributed by atoms with Crippen molar-refractivity contribution in [3.05, 3.63) is 29.3 Å². The second kappa shape index (κ2) is 9.46. The maximum Gasteiger partial charge on any atom is 0.255 e. The predicted octanol–water partition coefficient (Wildman–Crippen LogP) is -1.91. The number of carbonyl (C=O) groups is 3. The summed E-state index contributed by atoms with van der Waals surface area (Å²) >= 11 is 0. The molecular formula is C27H37N9O6. The first-order chi connectivity index (χ1) is 19.8. The third kappa shape index (κ3) is 3.90. The fourth-order valence-electron chi connectivity index (χ4n) is 7.00. The van der Waals surface area contributed by atoms with Crippen LogP contribution < -0.4 is 32.2 Å². The number of guanidine groups is 2.